The molecule has 0 aliphatic carbocycles. The van der Waals surface area contributed by atoms with E-state index in [9.17, 15) is 0 Å². The van der Waals surface area contributed by atoms with Gasteiger partial charge in [0.2, 0.25) is 0 Å². The Hall–Kier alpha value is -0.370. The Morgan fingerprint density at radius 3 is 2.00 bits per heavy atom. The maximum absolute atomic E-state index is 5.45. The molecule has 0 spiro atoms. The predicted octanol–water partition coefficient (Wildman–Crippen LogP) is 1.20. The smallest absolute Gasteiger partial charge is 0.0520 e. The number of hydrogen-bond donors (Lipinski definition) is 1. The van der Waals surface area contributed by atoms with Crippen molar-refractivity contribution in [2.75, 3.05) is 0 Å². The van der Waals surface area contributed by atoms with Gasteiger partial charge in [0.25, 0.3) is 0 Å². The molecule has 0 aromatic heterocycles. The number of aliphatic imine (C=N–C) groups is 1. The van der Waals surface area contributed by atoms with E-state index in [0.717, 1.165) is 0 Å². The van der Waals surface area contributed by atoms with Crippen LogP contribution in [0.3, 0.4) is 0 Å². The standard InChI is InChI=1S/C7H16N2/c1-6(8)5-9-7(2,3)4/h5-6H,8H2,1-4H3/b9-5-. The monoisotopic (exact) mass is 128 g/mol. The molecule has 0 saturated carbocycles. The van der Waals surface area contributed by atoms with Crippen molar-refractivity contribution in [2.45, 2.75) is 39.3 Å². The summed E-state index contributed by atoms with van der Waals surface area (Å²) in [5.74, 6) is 0. The molecular weight excluding hydrogens is 112 g/mol. The molecule has 2 N–H and O–H groups in total. The fraction of sp³-hybridized carbons (Fsp3) is 0.857. The molecule has 2 nitrogen and oxygen atoms in total. The zero-order chi connectivity index (χ0) is 7.49. The molecular formula is C7H16N2. The first-order valence-electron chi connectivity index (χ1n) is 3.23. The first kappa shape index (κ1) is 8.63. The van der Waals surface area contributed by atoms with Crippen LogP contribution in [0.2, 0.25) is 0 Å². The zero-order valence-corrected chi connectivity index (χ0v) is 6.68. The third-order valence-corrected chi connectivity index (χ3v) is 0.697. The van der Waals surface area contributed by atoms with Gasteiger partial charge in [-0.25, -0.2) is 0 Å². The minimum Gasteiger partial charge on any atom is -0.323 e. The Morgan fingerprint density at radius 1 is 1.44 bits per heavy atom. The molecule has 1 unspecified atom stereocenters. The molecule has 9 heavy (non-hydrogen) atoms. The number of nitrogens with two attached hydrogens (primary N) is 1. The SMILES string of the molecule is CC(N)/C=N\C(C)(C)C. The van der Waals surface area contributed by atoms with Gasteiger partial charge in [-0.1, -0.05) is 0 Å². The van der Waals surface area contributed by atoms with Crippen LogP contribution < -0.4 is 5.73 Å². The van der Waals surface area contributed by atoms with E-state index in [1.165, 1.54) is 0 Å². The second-order valence-corrected chi connectivity index (χ2v) is 3.31. The Kier molecular flexibility index (Phi) is 2.85. The van der Waals surface area contributed by atoms with Crippen molar-refractivity contribution in [3.8, 4) is 0 Å². The van der Waals surface area contributed by atoms with Crippen LogP contribution in [0.4, 0.5) is 0 Å². The van der Waals surface area contributed by atoms with Crippen LogP contribution in [0.1, 0.15) is 27.7 Å². The van der Waals surface area contributed by atoms with Crippen molar-refractivity contribution in [2.24, 2.45) is 10.7 Å². The molecule has 0 fully saturated rings. The summed E-state index contributed by atoms with van der Waals surface area (Å²) >= 11 is 0. The Bertz CT molecular complexity index is 98.0. The van der Waals surface area contributed by atoms with Crippen LogP contribution in [-0.4, -0.2) is 17.8 Å². The summed E-state index contributed by atoms with van der Waals surface area (Å²) in [4.78, 5) is 4.21. The fourth-order valence-corrected chi connectivity index (χ4v) is 0.341. The lowest BCUT2D eigenvalue weighted by molar-refractivity contribution is 0.583. The van der Waals surface area contributed by atoms with E-state index in [1.54, 1.807) is 6.21 Å². The van der Waals surface area contributed by atoms with Gasteiger partial charge in [0, 0.05) is 12.3 Å². The first-order valence-corrected chi connectivity index (χ1v) is 3.23. The molecule has 0 heterocycles. The fourth-order valence-electron chi connectivity index (χ4n) is 0.341. The van der Waals surface area contributed by atoms with Crippen LogP contribution in [-0.2, 0) is 0 Å². The van der Waals surface area contributed by atoms with Crippen molar-refractivity contribution in [3.63, 3.8) is 0 Å². The number of hydrogen-bond acceptors (Lipinski definition) is 2. The lowest BCUT2D eigenvalue weighted by Gasteiger charge is -2.11. The third-order valence-electron chi connectivity index (χ3n) is 0.697. The summed E-state index contributed by atoms with van der Waals surface area (Å²) in [6.45, 7) is 8.05. The summed E-state index contributed by atoms with van der Waals surface area (Å²) in [7, 11) is 0. The molecule has 0 bridgehead atoms. The number of rotatable bonds is 1. The number of nitrogens with zero attached hydrogens (tertiary/aromatic N) is 1. The highest BCUT2D eigenvalue weighted by molar-refractivity contribution is 5.63. The second-order valence-electron chi connectivity index (χ2n) is 3.31. The van der Waals surface area contributed by atoms with Crippen LogP contribution in [0.15, 0.2) is 4.99 Å². The zero-order valence-electron chi connectivity index (χ0n) is 6.68. The molecule has 0 aliphatic rings. The van der Waals surface area contributed by atoms with Gasteiger partial charge in [0.05, 0.1) is 5.54 Å². The molecule has 1 atom stereocenters. The third kappa shape index (κ3) is 7.63. The topological polar surface area (TPSA) is 38.4 Å². The van der Waals surface area contributed by atoms with Gasteiger partial charge in [-0.3, -0.25) is 4.99 Å². The molecule has 0 aromatic carbocycles. The van der Waals surface area contributed by atoms with Crippen LogP contribution in [0, 0.1) is 0 Å². The maximum atomic E-state index is 5.45. The van der Waals surface area contributed by atoms with Crippen molar-refractivity contribution >= 4 is 6.21 Å². The van der Waals surface area contributed by atoms with Gasteiger partial charge < -0.3 is 5.73 Å². The van der Waals surface area contributed by atoms with Crippen molar-refractivity contribution in [1.29, 1.82) is 0 Å². The summed E-state index contributed by atoms with van der Waals surface area (Å²) in [6, 6.07) is 0.0734. The first-order chi connectivity index (χ1) is 3.92. The molecule has 0 saturated heterocycles. The summed E-state index contributed by atoms with van der Waals surface area (Å²) in [5.41, 5.74) is 5.47. The van der Waals surface area contributed by atoms with Gasteiger partial charge >= 0.3 is 0 Å². The van der Waals surface area contributed by atoms with E-state index < -0.39 is 0 Å². The second kappa shape index (κ2) is 2.97. The summed E-state index contributed by atoms with van der Waals surface area (Å²) in [6.07, 6.45) is 1.78. The normalized spacial score (nSPS) is 16.6. The summed E-state index contributed by atoms with van der Waals surface area (Å²) < 4.78 is 0. The average Bonchev–Trinajstić information content (AvgIpc) is 1.59. The highest BCUT2D eigenvalue weighted by Crippen LogP contribution is 2.04. The van der Waals surface area contributed by atoms with Gasteiger partial charge in [0.1, 0.15) is 0 Å². The summed E-state index contributed by atoms with van der Waals surface area (Å²) in [5, 5.41) is 0. The minimum absolute atomic E-state index is 0.0215. The van der Waals surface area contributed by atoms with E-state index in [2.05, 4.69) is 4.99 Å². The van der Waals surface area contributed by atoms with Gasteiger partial charge in [-0.2, -0.15) is 0 Å². The van der Waals surface area contributed by atoms with E-state index >= 15 is 0 Å². The Labute approximate surface area is 57.2 Å². The average molecular weight is 128 g/mol. The highest BCUT2D eigenvalue weighted by atomic mass is 14.8. The predicted molar refractivity (Wildman–Crippen MR) is 41.9 cm³/mol. The van der Waals surface area contributed by atoms with E-state index in [1.807, 2.05) is 27.7 Å². The molecule has 0 rings (SSSR count). The van der Waals surface area contributed by atoms with Gasteiger partial charge in [-0.15, -0.1) is 0 Å². The van der Waals surface area contributed by atoms with E-state index in [0.29, 0.717) is 0 Å². The van der Waals surface area contributed by atoms with Gasteiger partial charge in [-0.05, 0) is 27.7 Å². The quantitative estimate of drug-likeness (QED) is 0.529. The van der Waals surface area contributed by atoms with Crippen LogP contribution in [0.25, 0.3) is 0 Å². The Morgan fingerprint density at radius 2 is 1.89 bits per heavy atom. The minimum atomic E-state index is 0.0215. The molecule has 54 valence electrons. The lowest BCUT2D eigenvalue weighted by Crippen LogP contribution is -2.19. The van der Waals surface area contributed by atoms with Crippen molar-refractivity contribution in [3.05, 3.63) is 0 Å². The molecule has 0 radical (unpaired) electrons. The molecule has 0 aromatic rings. The van der Waals surface area contributed by atoms with Crippen LogP contribution in [0.5, 0.6) is 0 Å². The highest BCUT2D eigenvalue weighted by Gasteiger charge is 2.04. The van der Waals surface area contributed by atoms with E-state index in [-0.39, 0.29) is 11.6 Å². The molecule has 0 amide bonds. The van der Waals surface area contributed by atoms with Crippen molar-refractivity contribution < 1.29 is 0 Å². The van der Waals surface area contributed by atoms with Crippen molar-refractivity contribution in [1.82, 2.24) is 0 Å². The van der Waals surface area contributed by atoms with Crippen LogP contribution >= 0.6 is 0 Å². The molecule has 2 heteroatoms. The van der Waals surface area contributed by atoms with E-state index in [4.69, 9.17) is 5.73 Å². The Balaban J connectivity index is 3.71. The molecule has 0 aliphatic heterocycles. The lowest BCUT2D eigenvalue weighted by atomic mass is 10.1. The van der Waals surface area contributed by atoms with Gasteiger partial charge in [0.15, 0.2) is 0 Å². The maximum Gasteiger partial charge on any atom is 0.0520 e. The largest absolute Gasteiger partial charge is 0.323 e.